The van der Waals surface area contributed by atoms with Crippen LogP contribution >= 0.6 is 0 Å². The average molecular weight is 340 g/mol. The summed E-state index contributed by atoms with van der Waals surface area (Å²) in [6, 6.07) is 5.20. The number of carbonyl (C=O) groups is 2. The fraction of sp³-hybridized carbons (Fsp3) is 0.312. The molecule has 0 unspecified atom stereocenters. The summed E-state index contributed by atoms with van der Waals surface area (Å²) in [5, 5.41) is 13.2. The van der Waals surface area contributed by atoms with Crippen LogP contribution < -0.4 is 10.6 Å². The largest absolute Gasteiger partial charge is 0.443 e. The highest BCUT2D eigenvalue weighted by Crippen LogP contribution is 2.27. The molecule has 2 aromatic heterocycles. The van der Waals surface area contributed by atoms with E-state index in [0.717, 1.165) is 19.3 Å². The van der Waals surface area contributed by atoms with Crippen molar-refractivity contribution in [2.24, 2.45) is 5.92 Å². The summed E-state index contributed by atoms with van der Waals surface area (Å²) in [6.45, 7) is -0.0108. The van der Waals surface area contributed by atoms with Crippen LogP contribution in [-0.4, -0.2) is 31.8 Å². The van der Waals surface area contributed by atoms with Gasteiger partial charge in [-0.25, -0.2) is 9.67 Å². The maximum Gasteiger partial charge on any atom is 0.246 e. The summed E-state index contributed by atoms with van der Waals surface area (Å²) in [4.78, 5) is 28.0. The van der Waals surface area contributed by atoms with E-state index in [0.29, 0.717) is 22.6 Å². The SMILES string of the molecule is O=C(Cn1cc(NC(=O)C2CCC2)nn1)Nc1ccc2ocnc2c1. The highest BCUT2D eigenvalue weighted by molar-refractivity contribution is 5.93. The Morgan fingerprint density at radius 2 is 2.16 bits per heavy atom. The number of hydrogen-bond donors (Lipinski definition) is 2. The second kappa shape index (κ2) is 6.34. The van der Waals surface area contributed by atoms with Gasteiger partial charge in [-0.15, -0.1) is 5.10 Å². The summed E-state index contributed by atoms with van der Waals surface area (Å²) in [7, 11) is 0. The second-order valence-electron chi connectivity index (χ2n) is 6.00. The van der Waals surface area contributed by atoms with Crippen molar-refractivity contribution in [2.75, 3.05) is 10.6 Å². The first-order valence-electron chi connectivity index (χ1n) is 8.01. The van der Waals surface area contributed by atoms with E-state index in [1.807, 2.05) is 0 Å². The number of nitrogens with zero attached hydrogens (tertiary/aromatic N) is 4. The van der Waals surface area contributed by atoms with Crippen LogP contribution in [0.15, 0.2) is 35.2 Å². The van der Waals surface area contributed by atoms with Gasteiger partial charge in [0.2, 0.25) is 11.8 Å². The molecule has 0 bridgehead atoms. The molecule has 3 aromatic rings. The molecular weight excluding hydrogens is 324 g/mol. The molecule has 2 heterocycles. The van der Waals surface area contributed by atoms with E-state index in [-0.39, 0.29) is 24.3 Å². The third kappa shape index (κ3) is 3.35. The predicted molar refractivity (Wildman–Crippen MR) is 88.6 cm³/mol. The maximum absolute atomic E-state index is 12.1. The molecule has 25 heavy (non-hydrogen) atoms. The molecule has 1 aliphatic carbocycles. The van der Waals surface area contributed by atoms with Crippen molar-refractivity contribution in [1.82, 2.24) is 20.0 Å². The molecule has 1 fully saturated rings. The van der Waals surface area contributed by atoms with Crippen molar-refractivity contribution in [3.63, 3.8) is 0 Å². The summed E-state index contributed by atoms with van der Waals surface area (Å²) in [6.07, 6.45) is 5.81. The Labute approximate surface area is 142 Å². The quantitative estimate of drug-likeness (QED) is 0.732. The smallest absolute Gasteiger partial charge is 0.246 e. The molecule has 9 heteroatoms. The molecular formula is C16H16N6O3. The lowest BCUT2D eigenvalue weighted by atomic mass is 9.85. The van der Waals surface area contributed by atoms with Gasteiger partial charge in [-0.2, -0.15) is 0 Å². The number of rotatable bonds is 5. The van der Waals surface area contributed by atoms with Gasteiger partial charge in [0, 0.05) is 11.6 Å². The topological polar surface area (TPSA) is 115 Å². The van der Waals surface area contributed by atoms with E-state index >= 15 is 0 Å². The van der Waals surface area contributed by atoms with Gasteiger partial charge in [0.1, 0.15) is 12.1 Å². The highest BCUT2D eigenvalue weighted by atomic mass is 16.3. The Balaban J connectivity index is 1.35. The lowest BCUT2D eigenvalue weighted by Gasteiger charge is -2.23. The van der Waals surface area contributed by atoms with Crippen molar-refractivity contribution < 1.29 is 14.0 Å². The van der Waals surface area contributed by atoms with E-state index in [9.17, 15) is 9.59 Å². The Bertz CT molecular complexity index is 927. The Morgan fingerprint density at radius 1 is 1.28 bits per heavy atom. The van der Waals surface area contributed by atoms with Gasteiger partial charge in [0.15, 0.2) is 17.8 Å². The van der Waals surface area contributed by atoms with Gasteiger partial charge in [-0.3, -0.25) is 9.59 Å². The van der Waals surface area contributed by atoms with Crippen LogP contribution in [0.25, 0.3) is 11.1 Å². The van der Waals surface area contributed by atoms with Crippen LogP contribution in [-0.2, 0) is 16.1 Å². The van der Waals surface area contributed by atoms with Crippen LogP contribution in [0.2, 0.25) is 0 Å². The Hall–Kier alpha value is -3.23. The molecule has 0 atom stereocenters. The highest BCUT2D eigenvalue weighted by Gasteiger charge is 2.25. The molecule has 1 saturated carbocycles. The molecule has 2 N–H and O–H groups in total. The molecule has 2 amide bonds. The predicted octanol–water partition coefficient (Wildman–Crippen LogP) is 1.80. The third-order valence-electron chi connectivity index (χ3n) is 4.19. The fourth-order valence-electron chi connectivity index (χ4n) is 2.61. The summed E-state index contributed by atoms with van der Waals surface area (Å²) in [5.41, 5.74) is 1.94. The molecule has 9 nitrogen and oxygen atoms in total. The van der Waals surface area contributed by atoms with Crippen molar-refractivity contribution in [3.8, 4) is 0 Å². The fourth-order valence-corrected chi connectivity index (χ4v) is 2.61. The molecule has 0 aliphatic heterocycles. The first-order valence-corrected chi connectivity index (χ1v) is 8.01. The van der Waals surface area contributed by atoms with E-state index in [4.69, 9.17) is 4.42 Å². The van der Waals surface area contributed by atoms with Crippen LogP contribution in [0.5, 0.6) is 0 Å². The average Bonchev–Trinajstić information content (AvgIpc) is 3.14. The Morgan fingerprint density at radius 3 is 2.96 bits per heavy atom. The lowest BCUT2D eigenvalue weighted by molar-refractivity contribution is -0.122. The number of aromatic nitrogens is 4. The number of nitrogens with one attached hydrogen (secondary N) is 2. The van der Waals surface area contributed by atoms with Crippen LogP contribution in [0.4, 0.5) is 11.5 Å². The number of amides is 2. The number of oxazole rings is 1. The monoisotopic (exact) mass is 340 g/mol. The maximum atomic E-state index is 12.1. The first-order chi connectivity index (χ1) is 12.2. The van der Waals surface area contributed by atoms with Gasteiger partial charge >= 0.3 is 0 Å². The molecule has 0 spiro atoms. The minimum absolute atomic E-state index is 0.0108. The standard InChI is InChI=1S/C16H16N6O3/c23-15(18-11-4-5-13-12(6-11)17-9-25-13)8-22-7-14(20-21-22)19-16(24)10-2-1-3-10/h4-7,9-10H,1-3,8H2,(H,18,23)(H,19,24). The van der Waals surface area contributed by atoms with Crippen molar-refractivity contribution in [2.45, 2.75) is 25.8 Å². The first kappa shape index (κ1) is 15.3. The molecule has 128 valence electrons. The Kier molecular flexibility index (Phi) is 3.88. The molecule has 4 rings (SSSR count). The number of fused-ring (bicyclic) bond motifs is 1. The number of carbonyl (C=O) groups excluding carboxylic acids is 2. The number of hydrogen-bond acceptors (Lipinski definition) is 6. The summed E-state index contributed by atoms with van der Waals surface area (Å²) < 4.78 is 6.53. The molecule has 0 saturated heterocycles. The summed E-state index contributed by atoms with van der Waals surface area (Å²) >= 11 is 0. The third-order valence-corrected chi connectivity index (χ3v) is 4.19. The molecule has 0 radical (unpaired) electrons. The van der Waals surface area contributed by atoms with Crippen LogP contribution in [0.3, 0.4) is 0 Å². The number of benzene rings is 1. The van der Waals surface area contributed by atoms with Crippen LogP contribution in [0.1, 0.15) is 19.3 Å². The molecule has 1 aromatic carbocycles. The van der Waals surface area contributed by atoms with Crippen molar-refractivity contribution >= 4 is 34.4 Å². The second-order valence-corrected chi connectivity index (χ2v) is 6.00. The minimum atomic E-state index is -0.260. The van der Waals surface area contributed by atoms with Gasteiger partial charge in [0.25, 0.3) is 0 Å². The zero-order chi connectivity index (χ0) is 17.2. The van der Waals surface area contributed by atoms with Gasteiger partial charge in [-0.1, -0.05) is 11.6 Å². The van der Waals surface area contributed by atoms with Crippen LogP contribution in [0, 0.1) is 5.92 Å². The number of anilines is 2. The zero-order valence-corrected chi connectivity index (χ0v) is 13.3. The van der Waals surface area contributed by atoms with E-state index < -0.39 is 0 Å². The van der Waals surface area contributed by atoms with Gasteiger partial charge in [-0.05, 0) is 31.0 Å². The zero-order valence-electron chi connectivity index (χ0n) is 13.3. The van der Waals surface area contributed by atoms with Crippen molar-refractivity contribution in [1.29, 1.82) is 0 Å². The van der Waals surface area contributed by atoms with Crippen molar-refractivity contribution in [3.05, 3.63) is 30.8 Å². The lowest BCUT2D eigenvalue weighted by Crippen LogP contribution is -2.28. The van der Waals surface area contributed by atoms with Gasteiger partial charge < -0.3 is 15.1 Å². The van der Waals surface area contributed by atoms with E-state index in [1.165, 1.54) is 17.3 Å². The van der Waals surface area contributed by atoms with E-state index in [1.54, 1.807) is 18.2 Å². The van der Waals surface area contributed by atoms with E-state index in [2.05, 4.69) is 25.9 Å². The normalized spacial score (nSPS) is 14.2. The summed E-state index contributed by atoms with van der Waals surface area (Å²) in [5.74, 6) is 0.127. The minimum Gasteiger partial charge on any atom is -0.443 e. The van der Waals surface area contributed by atoms with Gasteiger partial charge in [0.05, 0.1) is 6.20 Å². The molecule has 1 aliphatic rings.